The van der Waals surface area contributed by atoms with Crippen molar-refractivity contribution in [3.63, 3.8) is 0 Å². The molecule has 0 saturated heterocycles. The van der Waals surface area contributed by atoms with E-state index in [1.807, 2.05) is 25.2 Å². The van der Waals surface area contributed by atoms with Crippen molar-refractivity contribution >= 4 is 0 Å². The van der Waals surface area contributed by atoms with E-state index in [-0.39, 0.29) is 0 Å². The molecule has 0 saturated carbocycles. The number of rotatable bonds is 3. The van der Waals surface area contributed by atoms with Gasteiger partial charge in [-0.1, -0.05) is 6.08 Å². The Balaban J connectivity index is 3.03. The third-order valence-corrected chi connectivity index (χ3v) is 0.587. The molecule has 8 heavy (non-hydrogen) atoms. The number of nitrogens with two attached hydrogens (primary N) is 1. The van der Waals surface area contributed by atoms with Crippen LogP contribution in [0, 0.1) is 0 Å². The van der Waals surface area contributed by atoms with Crippen molar-refractivity contribution in [2.24, 2.45) is 5.73 Å². The largest absolute Gasteiger partial charge is 0.327 e. The van der Waals surface area contributed by atoms with Gasteiger partial charge in [0.05, 0.1) is 0 Å². The molecule has 0 heterocycles. The van der Waals surface area contributed by atoms with Gasteiger partial charge in [0.1, 0.15) is 0 Å². The molecule has 0 amide bonds. The van der Waals surface area contributed by atoms with Crippen molar-refractivity contribution in [2.75, 3.05) is 20.6 Å². The van der Waals surface area contributed by atoms with Gasteiger partial charge in [0.15, 0.2) is 0 Å². The highest BCUT2D eigenvalue weighted by atomic mass is 15.5. The van der Waals surface area contributed by atoms with Crippen LogP contribution in [0.3, 0.4) is 0 Å². The Morgan fingerprint density at radius 2 is 2.25 bits per heavy atom. The molecular formula is C5H13N3. The Morgan fingerprint density at radius 3 is 2.62 bits per heavy atom. The summed E-state index contributed by atoms with van der Waals surface area (Å²) in [6, 6.07) is 0. The second kappa shape index (κ2) is 4.61. The normalized spacial score (nSPS) is 11.0. The molecule has 0 aromatic rings. The second-order valence-corrected chi connectivity index (χ2v) is 1.66. The van der Waals surface area contributed by atoms with Gasteiger partial charge < -0.3 is 11.2 Å². The lowest BCUT2D eigenvalue weighted by Gasteiger charge is -2.06. The Kier molecular flexibility index (Phi) is 4.30. The van der Waals surface area contributed by atoms with Gasteiger partial charge >= 0.3 is 0 Å². The molecule has 0 bridgehead atoms. The Labute approximate surface area is 50.1 Å². The molecule has 0 aliphatic heterocycles. The van der Waals surface area contributed by atoms with E-state index < -0.39 is 0 Å². The van der Waals surface area contributed by atoms with E-state index in [4.69, 9.17) is 5.73 Å². The molecule has 48 valence electrons. The van der Waals surface area contributed by atoms with Crippen molar-refractivity contribution in [3.8, 4) is 0 Å². The molecule has 3 heteroatoms. The maximum absolute atomic E-state index is 5.17. The lowest BCUT2D eigenvalue weighted by Crippen LogP contribution is -2.24. The number of hydrogen-bond acceptors (Lipinski definition) is 3. The van der Waals surface area contributed by atoms with Gasteiger partial charge in [0.25, 0.3) is 0 Å². The fourth-order valence-corrected chi connectivity index (χ4v) is 0.270. The molecular weight excluding hydrogens is 102 g/mol. The molecule has 0 aliphatic carbocycles. The van der Waals surface area contributed by atoms with Crippen LogP contribution in [0.5, 0.6) is 0 Å². The summed E-state index contributed by atoms with van der Waals surface area (Å²) in [5, 5.41) is 1.84. The number of nitrogens with one attached hydrogen (secondary N) is 1. The van der Waals surface area contributed by atoms with Crippen LogP contribution in [0.25, 0.3) is 0 Å². The minimum atomic E-state index is 0.584. The molecule has 0 atom stereocenters. The average Bonchev–Trinajstić information content (AvgIpc) is 1.66. The Hall–Kier alpha value is -0.540. The lowest BCUT2D eigenvalue weighted by molar-refractivity contribution is 0.342. The summed E-state index contributed by atoms with van der Waals surface area (Å²) in [5.74, 6) is 0. The molecule has 0 aliphatic rings. The van der Waals surface area contributed by atoms with Crippen LogP contribution < -0.4 is 11.2 Å². The maximum atomic E-state index is 5.17. The summed E-state index contributed by atoms with van der Waals surface area (Å²) in [6.45, 7) is 0.584. The summed E-state index contributed by atoms with van der Waals surface area (Å²) in [7, 11) is 3.84. The summed E-state index contributed by atoms with van der Waals surface area (Å²) < 4.78 is 0. The first kappa shape index (κ1) is 7.46. The van der Waals surface area contributed by atoms with Crippen LogP contribution >= 0.6 is 0 Å². The van der Waals surface area contributed by atoms with Crippen molar-refractivity contribution in [3.05, 3.63) is 12.3 Å². The van der Waals surface area contributed by atoms with Gasteiger partial charge in [-0.05, 0) is 0 Å². The smallest absolute Gasteiger partial charge is 0.0124 e. The van der Waals surface area contributed by atoms with E-state index in [2.05, 4.69) is 5.43 Å². The molecule has 0 rings (SSSR count). The molecule has 0 fully saturated rings. The van der Waals surface area contributed by atoms with Crippen LogP contribution in [-0.2, 0) is 0 Å². The van der Waals surface area contributed by atoms with Gasteiger partial charge in [-0.15, -0.1) is 0 Å². The van der Waals surface area contributed by atoms with Gasteiger partial charge in [0, 0.05) is 26.8 Å². The molecule has 0 spiro atoms. The second-order valence-electron chi connectivity index (χ2n) is 1.66. The monoisotopic (exact) mass is 115 g/mol. The molecule has 0 aromatic heterocycles. The predicted molar refractivity (Wildman–Crippen MR) is 35.0 cm³/mol. The first-order chi connectivity index (χ1) is 3.77. The van der Waals surface area contributed by atoms with Crippen molar-refractivity contribution in [1.82, 2.24) is 10.4 Å². The zero-order valence-corrected chi connectivity index (χ0v) is 5.39. The highest BCUT2D eigenvalue weighted by Crippen LogP contribution is 1.64. The molecule has 3 nitrogen and oxygen atoms in total. The first-order valence-electron chi connectivity index (χ1n) is 2.56. The molecule has 3 N–H and O–H groups in total. The first-order valence-corrected chi connectivity index (χ1v) is 2.56. The van der Waals surface area contributed by atoms with Gasteiger partial charge in [0.2, 0.25) is 0 Å². The standard InChI is InChI=1S/C5H13N3/c1-8(2)7-5-3-4-6/h3,5,7H,4,6H2,1-2H3. The topological polar surface area (TPSA) is 41.3 Å². The van der Waals surface area contributed by atoms with E-state index >= 15 is 0 Å². The van der Waals surface area contributed by atoms with Crippen molar-refractivity contribution in [2.45, 2.75) is 0 Å². The third kappa shape index (κ3) is 5.46. The highest BCUT2D eigenvalue weighted by Gasteiger charge is 1.74. The molecule has 0 aromatic carbocycles. The van der Waals surface area contributed by atoms with Crippen LogP contribution in [0.2, 0.25) is 0 Å². The molecule has 0 radical (unpaired) electrons. The molecule has 0 unspecified atom stereocenters. The van der Waals surface area contributed by atoms with E-state index in [0.29, 0.717) is 6.54 Å². The zero-order chi connectivity index (χ0) is 6.41. The summed E-state index contributed by atoms with van der Waals surface area (Å²) in [4.78, 5) is 0. The van der Waals surface area contributed by atoms with Gasteiger partial charge in [-0.2, -0.15) is 0 Å². The van der Waals surface area contributed by atoms with Gasteiger partial charge in [-0.25, -0.2) is 5.01 Å². The van der Waals surface area contributed by atoms with E-state index in [0.717, 1.165) is 0 Å². The number of hydrogen-bond donors (Lipinski definition) is 2. The average molecular weight is 115 g/mol. The third-order valence-electron chi connectivity index (χ3n) is 0.587. The number of nitrogens with zero attached hydrogens (tertiary/aromatic N) is 1. The highest BCUT2D eigenvalue weighted by molar-refractivity contribution is 4.77. The van der Waals surface area contributed by atoms with Crippen LogP contribution in [-0.4, -0.2) is 25.6 Å². The summed E-state index contributed by atoms with van der Waals surface area (Å²) in [5.41, 5.74) is 8.09. The Bertz CT molecular complexity index is 68.1. The maximum Gasteiger partial charge on any atom is 0.0124 e. The van der Waals surface area contributed by atoms with Crippen LogP contribution in [0.1, 0.15) is 0 Å². The van der Waals surface area contributed by atoms with E-state index in [9.17, 15) is 0 Å². The van der Waals surface area contributed by atoms with Crippen molar-refractivity contribution < 1.29 is 0 Å². The predicted octanol–water partition coefficient (Wildman–Crippen LogP) is -0.475. The number of hydrazine groups is 1. The SMILES string of the molecule is CN(C)NC=CCN. The van der Waals surface area contributed by atoms with E-state index in [1.165, 1.54) is 0 Å². The van der Waals surface area contributed by atoms with Crippen LogP contribution in [0.15, 0.2) is 12.3 Å². The fourth-order valence-electron chi connectivity index (χ4n) is 0.270. The zero-order valence-electron chi connectivity index (χ0n) is 5.39. The quantitative estimate of drug-likeness (QED) is 0.488. The summed E-state index contributed by atoms with van der Waals surface area (Å²) >= 11 is 0. The van der Waals surface area contributed by atoms with E-state index in [1.54, 1.807) is 6.20 Å². The fraction of sp³-hybridized carbons (Fsp3) is 0.600. The Morgan fingerprint density at radius 1 is 1.62 bits per heavy atom. The van der Waals surface area contributed by atoms with Crippen LogP contribution in [0.4, 0.5) is 0 Å². The van der Waals surface area contributed by atoms with Crippen molar-refractivity contribution in [1.29, 1.82) is 0 Å². The van der Waals surface area contributed by atoms with Gasteiger partial charge in [-0.3, -0.25) is 0 Å². The lowest BCUT2D eigenvalue weighted by atomic mass is 10.6. The minimum Gasteiger partial charge on any atom is -0.327 e. The summed E-state index contributed by atoms with van der Waals surface area (Å²) in [6.07, 6.45) is 3.65. The minimum absolute atomic E-state index is 0.584.